The van der Waals surface area contributed by atoms with Crippen LogP contribution >= 0.6 is 0 Å². The van der Waals surface area contributed by atoms with Crippen LogP contribution in [0.5, 0.6) is 0 Å². The van der Waals surface area contributed by atoms with Gasteiger partial charge in [-0.05, 0) is 31.6 Å². The standard InChI is InChI=1S/C9H18O4S/c1-2-3-8-4-6-9(10,7-5-8)14(11,12)13/h8,10H,2-7H2,1H3,(H,11,12,13). The number of rotatable bonds is 3. The molecule has 0 heterocycles. The van der Waals surface area contributed by atoms with E-state index in [1.807, 2.05) is 0 Å². The zero-order valence-electron chi connectivity index (χ0n) is 8.44. The van der Waals surface area contributed by atoms with Crippen molar-refractivity contribution in [1.29, 1.82) is 0 Å². The quantitative estimate of drug-likeness (QED) is 0.710. The molecule has 0 radical (unpaired) electrons. The molecule has 1 aliphatic carbocycles. The normalized spacial score (nSPS) is 34.4. The molecule has 1 saturated carbocycles. The maximum absolute atomic E-state index is 10.9. The molecule has 2 N–H and O–H groups in total. The zero-order chi connectivity index (χ0) is 10.8. The third-order valence-corrected chi connectivity index (χ3v) is 4.43. The minimum Gasteiger partial charge on any atom is -0.372 e. The van der Waals surface area contributed by atoms with E-state index in [1.165, 1.54) is 0 Å². The van der Waals surface area contributed by atoms with Crippen LogP contribution in [0.3, 0.4) is 0 Å². The summed E-state index contributed by atoms with van der Waals surface area (Å²) in [6.45, 7) is 2.09. The first kappa shape index (κ1) is 11.9. The molecule has 1 rings (SSSR count). The van der Waals surface area contributed by atoms with Gasteiger partial charge in [-0.3, -0.25) is 4.55 Å². The predicted molar refractivity (Wildman–Crippen MR) is 53.4 cm³/mol. The SMILES string of the molecule is CCCC1CCC(O)(S(=O)(=O)O)CC1. The third kappa shape index (κ3) is 2.46. The second-order valence-electron chi connectivity index (χ2n) is 4.15. The Kier molecular flexibility index (Phi) is 3.55. The summed E-state index contributed by atoms with van der Waals surface area (Å²) in [5.41, 5.74) is 0. The Hall–Kier alpha value is -0.130. The molecule has 0 aromatic heterocycles. The summed E-state index contributed by atoms with van der Waals surface area (Å²) >= 11 is 0. The molecule has 1 aliphatic rings. The minimum absolute atomic E-state index is 0.163. The Balaban J connectivity index is 2.58. The van der Waals surface area contributed by atoms with Gasteiger partial charge in [0.15, 0.2) is 4.93 Å². The lowest BCUT2D eigenvalue weighted by Crippen LogP contribution is -2.41. The molecular weight excluding hydrogens is 204 g/mol. The molecule has 0 spiro atoms. The van der Waals surface area contributed by atoms with Gasteiger partial charge in [0.25, 0.3) is 10.1 Å². The highest BCUT2D eigenvalue weighted by molar-refractivity contribution is 7.87. The van der Waals surface area contributed by atoms with Gasteiger partial charge in [-0.15, -0.1) is 0 Å². The first-order valence-corrected chi connectivity index (χ1v) is 6.52. The summed E-state index contributed by atoms with van der Waals surface area (Å²) < 4.78 is 30.6. The molecule has 0 unspecified atom stereocenters. The maximum Gasteiger partial charge on any atom is 0.294 e. The van der Waals surface area contributed by atoms with Gasteiger partial charge in [-0.1, -0.05) is 19.8 Å². The van der Waals surface area contributed by atoms with E-state index in [9.17, 15) is 13.5 Å². The smallest absolute Gasteiger partial charge is 0.294 e. The fraction of sp³-hybridized carbons (Fsp3) is 1.00. The van der Waals surface area contributed by atoms with Crippen molar-refractivity contribution < 1.29 is 18.1 Å². The molecule has 0 aromatic carbocycles. The van der Waals surface area contributed by atoms with Crippen LogP contribution in [0.2, 0.25) is 0 Å². The summed E-state index contributed by atoms with van der Waals surface area (Å²) in [5, 5.41) is 9.66. The fourth-order valence-electron chi connectivity index (χ4n) is 2.08. The highest BCUT2D eigenvalue weighted by Gasteiger charge is 2.43. The molecule has 1 fully saturated rings. The predicted octanol–water partition coefficient (Wildman–Crippen LogP) is 1.55. The molecule has 4 nitrogen and oxygen atoms in total. The summed E-state index contributed by atoms with van der Waals surface area (Å²) in [5.74, 6) is 0.502. The molecule has 84 valence electrons. The highest BCUT2D eigenvalue weighted by atomic mass is 32.2. The van der Waals surface area contributed by atoms with Crippen LogP contribution in [0, 0.1) is 5.92 Å². The van der Waals surface area contributed by atoms with Crippen LogP contribution in [0.1, 0.15) is 45.4 Å². The molecule has 0 amide bonds. The van der Waals surface area contributed by atoms with Crippen molar-refractivity contribution in [1.82, 2.24) is 0 Å². The molecule has 14 heavy (non-hydrogen) atoms. The zero-order valence-corrected chi connectivity index (χ0v) is 9.26. The lowest BCUT2D eigenvalue weighted by Gasteiger charge is -2.33. The average molecular weight is 222 g/mol. The molecule has 0 aliphatic heterocycles. The molecule has 0 aromatic rings. The van der Waals surface area contributed by atoms with E-state index in [4.69, 9.17) is 4.55 Å². The largest absolute Gasteiger partial charge is 0.372 e. The van der Waals surface area contributed by atoms with Crippen LogP contribution in [0.4, 0.5) is 0 Å². The van der Waals surface area contributed by atoms with E-state index in [0.29, 0.717) is 18.8 Å². The van der Waals surface area contributed by atoms with Crippen molar-refractivity contribution in [2.45, 2.75) is 50.4 Å². The van der Waals surface area contributed by atoms with E-state index in [0.717, 1.165) is 12.8 Å². The molecule has 0 atom stereocenters. The summed E-state index contributed by atoms with van der Waals surface area (Å²) in [7, 11) is -4.31. The van der Waals surface area contributed by atoms with E-state index in [-0.39, 0.29) is 12.8 Å². The van der Waals surface area contributed by atoms with Crippen molar-refractivity contribution >= 4 is 10.1 Å². The summed E-state index contributed by atoms with van der Waals surface area (Å²) in [6, 6.07) is 0. The Morgan fingerprint density at radius 1 is 1.36 bits per heavy atom. The topological polar surface area (TPSA) is 74.6 Å². The van der Waals surface area contributed by atoms with Crippen molar-refractivity contribution in [2.75, 3.05) is 0 Å². The van der Waals surface area contributed by atoms with Gasteiger partial charge in [0.1, 0.15) is 0 Å². The molecular formula is C9H18O4S. The van der Waals surface area contributed by atoms with E-state index in [1.54, 1.807) is 0 Å². The maximum atomic E-state index is 10.9. The van der Waals surface area contributed by atoms with E-state index < -0.39 is 15.1 Å². The lowest BCUT2D eigenvalue weighted by molar-refractivity contribution is 0.0553. The van der Waals surface area contributed by atoms with E-state index >= 15 is 0 Å². The lowest BCUT2D eigenvalue weighted by atomic mass is 9.84. The summed E-state index contributed by atoms with van der Waals surface area (Å²) in [4.78, 5) is -1.88. The van der Waals surface area contributed by atoms with Gasteiger partial charge < -0.3 is 5.11 Å². The van der Waals surface area contributed by atoms with E-state index in [2.05, 4.69) is 6.92 Å². The Labute approximate surface area is 85.1 Å². The second kappa shape index (κ2) is 4.16. The molecule has 0 saturated heterocycles. The monoisotopic (exact) mass is 222 g/mol. The first-order valence-electron chi connectivity index (χ1n) is 5.08. The van der Waals surface area contributed by atoms with Crippen LogP contribution in [0.25, 0.3) is 0 Å². The Morgan fingerprint density at radius 3 is 2.21 bits per heavy atom. The molecule has 5 heteroatoms. The third-order valence-electron chi connectivity index (χ3n) is 3.06. The molecule has 0 bridgehead atoms. The van der Waals surface area contributed by atoms with Gasteiger partial charge in [0.2, 0.25) is 0 Å². The van der Waals surface area contributed by atoms with Gasteiger partial charge in [-0.25, -0.2) is 0 Å². The average Bonchev–Trinajstić information content (AvgIpc) is 2.08. The first-order chi connectivity index (χ1) is 6.39. The number of hydrogen-bond donors (Lipinski definition) is 2. The van der Waals surface area contributed by atoms with Crippen LogP contribution in [-0.2, 0) is 10.1 Å². The van der Waals surface area contributed by atoms with Gasteiger partial charge in [-0.2, -0.15) is 8.42 Å². The minimum atomic E-state index is -4.31. The number of aliphatic hydroxyl groups is 1. The number of hydrogen-bond acceptors (Lipinski definition) is 3. The van der Waals surface area contributed by atoms with Crippen LogP contribution in [0.15, 0.2) is 0 Å². The van der Waals surface area contributed by atoms with Gasteiger partial charge >= 0.3 is 0 Å². The van der Waals surface area contributed by atoms with Crippen molar-refractivity contribution in [2.24, 2.45) is 5.92 Å². The Bertz CT molecular complexity index is 275. The second-order valence-corrected chi connectivity index (χ2v) is 5.86. The van der Waals surface area contributed by atoms with Gasteiger partial charge in [0.05, 0.1) is 0 Å². The summed E-state index contributed by atoms with van der Waals surface area (Å²) in [6.07, 6.45) is 3.85. The fourth-order valence-corrected chi connectivity index (χ4v) is 2.84. The van der Waals surface area contributed by atoms with Crippen LogP contribution < -0.4 is 0 Å². The Morgan fingerprint density at radius 2 is 1.86 bits per heavy atom. The van der Waals surface area contributed by atoms with Crippen molar-refractivity contribution in [3.8, 4) is 0 Å². The highest BCUT2D eigenvalue weighted by Crippen LogP contribution is 2.36. The van der Waals surface area contributed by atoms with Crippen molar-refractivity contribution in [3.05, 3.63) is 0 Å². The van der Waals surface area contributed by atoms with Gasteiger partial charge in [0, 0.05) is 0 Å². The van der Waals surface area contributed by atoms with Crippen molar-refractivity contribution in [3.63, 3.8) is 0 Å². The van der Waals surface area contributed by atoms with Crippen LogP contribution in [-0.4, -0.2) is 23.0 Å².